The Morgan fingerprint density at radius 3 is 2.58 bits per heavy atom. The zero-order valence-corrected chi connectivity index (χ0v) is 16.8. The Labute approximate surface area is 164 Å². The van der Waals surface area contributed by atoms with Crippen molar-refractivity contribution in [1.29, 1.82) is 0 Å². The number of nitrogens with zero attached hydrogens (tertiary/aromatic N) is 1. The first-order chi connectivity index (χ1) is 11.7. The van der Waals surface area contributed by atoms with Gasteiger partial charge in [0.15, 0.2) is 0 Å². The molecule has 1 aliphatic heterocycles. The molecule has 1 aliphatic rings. The molecule has 148 valence electrons. The Hall–Kier alpha value is -0.930. The SMILES string of the molecule is CC(N)CCNC(=O)C1CCN(S(=O)(=O)c2ccc(F)c(Cl)c2)CC1.Cl. The summed E-state index contributed by atoms with van der Waals surface area (Å²) in [7, 11) is -3.74. The molecule has 6 nitrogen and oxygen atoms in total. The van der Waals surface area contributed by atoms with Gasteiger partial charge in [0.1, 0.15) is 5.82 Å². The summed E-state index contributed by atoms with van der Waals surface area (Å²) in [6, 6.07) is 3.37. The number of benzene rings is 1. The lowest BCUT2D eigenvalue weighted by molar-refractivity contribution is -0.126. The van der Waals surface area contributed by atoms with Crippen LogP contribution in [0.25, 0.3) is 0 Å². The maximum atomic E-state index is 13.2. The number of carbonyl (C=O) groups is 1. The van der Waals surface area contributed by atoms with Crippen LogP contribution < -0.4 is 11.1 Å². The highest BCUT2D eigenvalue weighted by molar-refractivity contribution is 7.89. The molecule has 1 amide bonds. The predicted octanol–water partition coefficient (Wildman–Crippen LogP) is 2.16. The summed E-state index contributed by atoms with van der Waals surface area (Å²) in [6.07, 6.45) is 1.58. The second kappa shape index (κ2) is 9.85. The summed E-state index contributed by atoms with van der Waals surface area (Å²) in [4.78, 5) is 12.1. The van der Waals surface area contributed by atoms with Crippen molar-refractivity contribution >= 4 is 39.9 Å². The number of nitrogens with one attached hydrogen (secondary N) is 1. The van der Waals surface area contributed by atoms with E-state index in [1.807, 2.05) is 6.92 Å². The highest BCUT2D eigenvalue weighted by Crippen LogP contribution is 2.26. The molecule has 1 heterocycles. The summed E-state index contributed by atoms with van der Waals surface area (Å²) >= 11 is 5.67. The monoisotopic (exact) mass is 427 g/mol. The fourth-order valence-corrected chi connectivity index (χ4v) is 4.45. The summed E-state index contributed by atoms with van der Waals surface area (Å²) in [5, 5.41) is 2.60. The maximum absolute atomic E-state index is 13.2. The van der Waals surface area contributed by atoms with E-state index in [4.69, 9.17) is 17.3 Å². The van der Waals surface area contributed by atoms with Gasteiger partial charge in [0.05, 0.1) is 9.92 Å². The van der Waals surface area contributed by atoms with Crippen LogP contribution in [-0.2, 0) is 14.8 Å². The van der Waals surface area contributed by atoms with E-state index in [2.05, 4.69) is 5.32 Å². The van der Waals surface area contributed by atoms with E-state index in [9.17, 15) is 17.6 Å². The van der Waals surface area contributed by atoms with Crippen molar-refractivity contribution in [2.45, 2.75) is 37.1 Å². The van der Waals surface area contributed by atoms with E-state index in [0.717, 1.165) is 12.1 Å². The Bertz CT molecular complexity index is 723. The quantitative estimate of drug-likeness (QED) is 0.727. The van der Waals surface area contributed by atoms with Gasteiger partial charge >= 0.3 is 0 Å². The van der Waals surface area contributed by atoms with Gasteiger partial charge in [-0.05, 0) is 44.4 Å². The third kappa shape index (κ3) is 5.79. The van der Waals surface area contributed by atoms with Gasteiger partial charge in [-0.25, -0.2) is 12.8 Å². The molecule has 1 unspecified atom stereocenters. The number of hydrogen-bond donors (Lipinski definition) is 2. The molecule has 10 heteroatoms. The van der Waals surface area contributed by atoms with Gasteiger partial charge in [-0.1, -0.05) is 11.6 Å². The van der Waals surface area contributed by atoms with Crippen LogP contribution in [0.2, 0.25) is 5.02 Å². The fraction of sp³-hybridized carbons (Fsp3) is 0.562. The Kier molecular flexibility index (Phi) is 8.75. The van der Waals surface area contributed by atoms with Crippen molar-refractivity contribution in [3.8, 4) is 0 Å². The van der Waals surface area contributed by atoms with Crippen LogP contribution in [0, 0.1) is 11.7 Å². The lowest BCUT2D eigenvalue weighted by Gasteiger charge is -2.30. The first-order valence-electron chi connectivity index (χ1n) is 8.20. The van der Waals surface area contributed by atoms with Crippen LogP contribution in [-0.4, -0.2) is 44.3 Å². The maximum Gasteiger partial charge on any atom is 0.243 e. The van der Waals surface area contributed by atoms with Gasteiger partial charge < -0.3 is 11.1 Å². The summed E-state index contributed by atoms with van der Waals surface area (Å²) in [6.45, 7) is 2.87. The van der Waals surface area contributed by atoms with Crippen LogP contribution in [0.5, 0.6) is 0 Å². The van der Waals surface area contributed by atoms with Crippen molar-refractivity contribution in [2.75, 3.05) is 19.6 Å². The van der Waals surface area contributed by atoms with Crippen molar-refractivity contribution in [3.63, 3.8) is 0 Å². The molecule has 1 aromatic carbocycles. The van der Waals surface area contributed by atoms with E-state index in [0.29, 0.717) is 25.8 Å². The normalized spacial score (nSPS) is 17.4. The zero-order valence-electron chi connectivity index (χ0n) is 14.5. The van der Waals surface area contributed by atoms with Gasteiger partial charge in [0, 0.05) is 31.6 Å². The standard InChI is InChI=1S/C16H23ClFN3O3S.ClH/c1-11(19)4-7-20-16(22)12-5-8-21(9-6-12)25(23,24)13-2-3-15(18)14(17)10-13;/h2-3,10-12H,4-9,19H2,1H3,(H,20,22);1H. The van der Waals surface area contributed by atoms with Gasteiger partial charge in [-0.2, -0.15) is 4.31 Å². The first-order valence-corrected chi connectivity index (χ1v) is 10.0. The number of amides is 1. The minimum atomic E-state index is -3.74. The lowest BCUT2D eigenvalue weighted by Crippen LogP contribution is -2.43. The smallest absolute Gasteiger partial charge is 0.243 e. The number of rotatable bonds is 6. The summed E-state index contributed by atoms with van der Waals surface area (Å²) in [5.41, 5.74) is 5.64. The average molecular weight is 428 g/mol. The van der Waals surface area contributed by atoms with Crippen molar-refractivity contribution in [3.05, 3.63) is 29.0 Å². The van der Waals surface area contributed by atoms with Gasteiger partial charge in [-0.3, -0.25) is 4.79 Å². The molecule has 1 fully saturated rings. The molecule has 26 heavy (non-hydrogen) atoms. The molecule has 0 spiro atoms. The topological polar surface area (TPSA) is 92.5 Å². The Morgan fingerprint density at radius 2 is 2.04 bits per heavy atom. The van der Waals surface area contributed by atoms with Gasteiger partial charge in [0.2, 0.25) is 15.9 Å². The number of sulfonamides is 1. The number of hydrogen-bond acceptors (Lipinski definition) is 4. The van der Waals surface area contributed by atoms with E-state index < -0.39 is 15.8 Å². The second-order valence-electron chi connectivity index (χ2n) is 6.31. The van der Waals surface area contributed by atoms with Crippen LogP contribution in [0.3, 0.4) is 0 Å². The van der Waals surface area contributed by atoms with Gasteiger partial charge in [0.25, 0.3) is 0 Å². The largest absolute Gasteiger partial charge is 0.356 e. The minimum absolute atomic E-state index is 0. The molecule has 0 saturated carbocycles. The molecule has 1 atom stereocenters. The first kappa shape index (κ1) is 23.1. The third-order valence-electron chi connectivity index (χ3n) is 4.25. The highest BCUT2D eigenvalue weighted by Gasteiger charge is 2.32. The highest BCUT2D eigenvalue weighted by atomic mass is 35.5. The fourth-order valence-electron chi connectivity index (χ4n) is 2.71. The van der Waals surface area contributed by atoms with Crippen molar-refractivity contribution in [1.82, 2.24) is 9.62 Å². The molecular formula is C16H24Cl2FN3O3S. The van der Waals surface area contributed by atoms with Crippen LogP contribution in [0.1, 0.15) is 26.2 Å². The second-order valence-corrected chi connectivity index (χ2v) is 8.66. The molecule has 3 N–H and O–H groups in total. The number of nitrogens with two attached hydrogens (primary N) is 1. The molecule has 2 rings (SSSR count). The number of carbonyl (C=O) groups excluding carboxylic acids is 1. The third-order valence-corrected chi connectivity index (χ3v) is 6.44. The summed E-state index contributed by atoms with van der Waals surface area (Å²) < 4.78 is 39.7. The summed E-state index contributed by atoms with van der Waals surface area (Å²) in [5.74, 6) is -0.943. The van der Waals surface area contributed by atoms with Crippen LogP contribution >= 0.6 is 24.0 Å². The lowest BCUT2D eigenvalue weighted by atomic mass is 9.97. The molecule has 1 saturated heterocycles. The Morgan fingerprint density at radius 1 is 1.42 bits per heavy atom. The van der Waals surface area contributed by atoms with E-state index in [1.165, 1.54) is 10.4 Å². The number of piperidine rings is 1. The van der Waals surface area contributed by atoms with Crippen LogP contribution in [0.4, 0.5) is 4.39 Å². The van der Waals surface area contributed by atoms with Crippen molar-refractivity contribution < 1.29 is 17.6 Å². The molecule has 0 bridgehead atoms. The number of halogens is 3. The zero-order chi connectivity index (χ0) is 18.6. The Balaban J connectivity index is 0.00000338. The molecular weight excluding hydrogens is 404 g/mol. The van der Waals surface area contributed by atoms with E-state index in [1.54, 1.807) is 0 Å². The predicted molar refractivity (Wildman–Crippen MR) is 101 cm³/mol. The van der Waals surface area contributed by atoms with Gasteiger partial charge in [-0.15, -0.1) is 12.4 Å². The van der Waals surface area contributed by atoms with Crippen molar-refractivity contribution in [2.24, 2.45) is 11.7 Å². The molecule has 0 radical (unpaired) electrons. The molecule has 0 aromatic heterocycles. The molecule has 1 aromatic rings. The van der Waals surface area contributed by atoms with E-state index in [-0.39, 0.29) is 53.3 Å². The average Bonchev–Trinajstić information content (AvgIpc) is 2.57. The van der Waals surface area contributed by atoms with E-state index >= 15 is 0 Å². The molecule has 0 aliphatic carbocycles. The minimum Gasteiger partial charge on any atom is -0.356 e. The van der Waals surface area contributed by atoms with Crippen LogP contribution in [0.15, 0.2) is 23.1 Å².